The lowest BCUT2D eigenvalue weighted by molar-refractivity contribution is -0.123. The fraction of sp³-hybridized carbons (Fsp3) is 0.556. The van der Waals surface area contributed by atoms with Crippen molar-refractivity contribution in [3.05, 3.63) is 35.4 Å². The molecule has 4 N–H and O–H groups in total. The Balaban J connectivity index is 0.00000338. The van der Waals surface area contributed by atoms with Gasteiger partial charge in [-0.05, 0) is 36.9 Å². The Bertz CT molecular complexity index is 602. The van der Waals surface area contributed by atoms with Gasteiger partial charge in [-0.3, -0.25) is 9.59 Å². The Morgan fingerprint density at radius 1 is 1.04 bits per heavy atom. The molecule has 1 aliphatic carbocycles. The normalized spacial score (nSPS) is 15.7. The number of hydrogen-bond acceptors (Lipinski definition) is 3. The quantitative estimate of drug-likeness (QED) is 0.626. The standard InChI is InChI=1S/C18H25F2N3O2.ClH/c19-13-5-4-6-14(20)16(13)17(25)23-10-9-22-15(24)11-18(12-21)7-2-1-3-8-18;/h4-6H,1-3,7-12,21H2,(H,22,24)(H,23,25);1H. The van der Waals surface area contributed by atoms with Gasteiger partial charge in [0.1, 0.15) is 17.2 Å². The van der Waals surface area contributed by atoms with Gasteiger partial charge < -0.3 is 16.4 Å². The molecule has 0 radical (unpaired) electrons. The highest BCUT2D eigenvalue weighted by molar-refractivity contribution is 5.94. The topological polar surface area (TPSA) is 84.2 Å². The molecule has 0 spiro atoms. The zero-order valence-electron chi connectivity index (χ0n) is 14.7. The minimum Gasteiger partial charge on any atom is -0.354 e. The van der Waals surface area contributed by atoms with Gasteiger partial charge in [0.25, 0.3) is 5.91 Å². The number of nitrogens with two attached hydrogens (primary N) is 1. The van der Waals surface area contributed by atoms with Crippen molar-refractivity contribution in [2.45, 2.75) is 38.5 Å². The third-order valence-electron chi connectivity index (χ3n) is 4.81. The van der Waals surface area contributed by atoms with Crippen LogP contribution in [0.3, 0.4) is 0 Å². The maximum absolute atomic E-state index is 13.5. The van der Waals surface area contributed by atoms with Crippen LogP contribution in [0.4, 0.5) is 8.78 Å². The summed E-state index contributed by atoms with van der Waals surface area (Å²) in [4.78, 5) is 23.9. The predicted molar refractivity (Wildman–Crippen MR) is 98.1 cm³/mol. The van der Waals surface area contributed by atoms with Gasteiger partial charge in [0.15, 0.2) is 0 Å². The van der Waals surface area contributed by atoms with Crippen molar-refractivity contribution in [3.8, 4) is 0 Å². The smallest absolute Gasteiger partial charge is 0.257 e. The number of nitrogens with one attached hydrogen (secondary N) is 2. The van der Waals surface area contributed by atoms with Crippen LogP contribution in [0, 0.1) is 17.0 Å². The summed E-state index contributed by atoms with van der Waals surface area (Å²) in [6.45, 7) is 0.777. The second-order valence-electron chi connectivity index (χ2n) is 6.64. The van der Waals surface area contributed by atoms with Crippen LogP contribution in [0.5, 0.6) is 0 Å². The molecule has 0 heterocycles. The highest BCUT2D eigenvalue weighted by atomic mass is 35.5. The summed E-state index contributed by atoms with van der Waals surface area (Å²) >= 11 is 0. The van der Waals surface area contributed by atoms with E-state index in [0.29, 0.717) is 13.0 Å². The first-order valence-electron chi connectivity index (χ1n) is 8.66. The molecule has 1 aliphatic rings. The van der Waals surface area contributed by atoms with Gasteiger partial charge in [-0.25, -0.2) is 8.78 Å². The van der Waals surface area contributed by atoms with Gasteiger partial charge in [0, 0.05) is 19.5 Å². The molecule has 1 aromatic rings. The average molecular weight is 390 g/mol. The molecule has 0 saturated heterocycles. The van der Waals surface area contributed by atoms with Crippen molar-refractivity contribution in [3.63, 3.8) is 0 Å². The molecule has 2 amide bonds. The molecule has 1 fully saturated rings. The van der Waals surface area contributed by atoms with E-state index in [2.05, 4.69) is 10.6 Å². The van der Waals surface area contributed by atoms with E-state index in [1.165, 1.54) is 12.5 Å². The van der Waals surface area contributed by atoms with E-state index in [1.807, 2.05) is 0 Å². The van der Waals surface area contributed by atoms with Gasteiger partial charge in [-0.2, -0.15) is 0 Å². The third-order valence-corrected chi connectivity index (χ3v) is 4.81. The molecule has 1 aromatic carbocycles. The number of carbonyl (C=O) groups excluding carboxylic acids is 2. The average Bonchev–Trinajstić information content (AvgIpc) is 2.59. The number of benzene rings is 1. The van der Waals surface area contributed by atoms with Crippen LogP contribution in [0.1, 0.15) is 48.9 Å². The first kappa shape index (κ1) is 22.3. The zero-order valence-corrected chi connectivity index (χ0v) is 15.5. The van der Waals surface area contributed by atoms with Gasteiger partial charge >= 0.3 is 0 Å². The fourth-order valence-electron chi connectivity index (χ4n) is 3.34. The van der Waals surface area contributed by atoms with E-state index in [4.69, 9.17) is 5.73 Å². The number of carbonyl (C=O) groups is 2. The number of halogens is 3. The monoisotopic (exact) mass is 389 g/mol. The second-order valence-corrected chi connectivity index (χ2v) is 6.64. The number of rotatable bonds is 7. The summed E-state index contributed by atoms with van der Waals surface area (Å²) in [6.07, 6.45) is 5.66. The summed E-state index contributed by atoms with van der Waals surface area (Å²) < 4.78 is 27.0. The molecular weight excluding hydrogens is 364 g/mol. The van der Waals surface area contributed by atoms with E-state index >= 15 is 0 Å². The molecule has 5 nitrogen and oxygen atoms in total. The Morgan fingerprint density at radius 2 is 1.62 bits per heavy atom. The lowest BCUT2D eigenvalue weighted by Crippen LogP contribution is -2.40. The lowest BCUT2D eigenvalue weighted by atomic mass is 9.71. The molecule has 2 rings (SSSR count). The van der Waals surface area contributed by atoms with Crippen LogP contribution in [0.15, 0.2) is 18.2 Å². The fourth-order valence-corrected chi connectivity index (χ4v) is 3.34. The van der Waals surface area contributed by atoms with Gasteiger partial charge in [-0.15, -0.1) is 12.4 Å². The Kier molecular flexibility index (Phi) is 8.95. The lowest BCUT2D eigenvalue weighted by Gasteiger charge is -2.35. The molecule has 146 valence electrons. The van der Waals surface area contributed by atoms with E-state index < -0.39 is 23.1 Å². The van der Waals surface area contributed by atoms with Crippen molar-refractivity contribution in [2.75, 3.05) is 19.6 Å². The van der Waals surface area contributed by atoms with E-state index in [9.17, 15) is 18.4 Å². The largest absolute Gasteiger partial charge is 0.354 e. The molecule has 1 saturated carbocycles. The summed E-state index contributed by atoms with van der Waals surface area (Å²) in [7, 11) is 0. The summed E-state index contributed by atoms with van der Waals surface area (Å²) in [5.41, 5.74) is 5.13. The van der Waals surface area contributed by atoms with Crippen LogP contribution in [-0.2, 0) is 4.79 Å². The van der Waals surface area contributed by atoms with Crippen molar-refractivity contribution in [1.82, 2.24) is 10.6 Å². The minimum absolute atomic E-state index is 0. The Morgan fingerprint density at radius 3 is 2.19 bits per heavy atom. The van der Waals surface area contributed by atoms with Gasteiger partial charge in [0.05, 0.1) is 0 Å². The van der Waals surface area contributed by atoms with E-state index in [1.54, 1.807) is 0 Å². The molecule has 0 atom stereocenters. The van der Waals surface area contributed by atoms with Crippen molar-refractivity contribution >= 4 is 24.2 Å². The molecule has 0 aliphatic heterocycles. The van der Waals surface area contributed by atoms with Crippen LogP contribution < -0.4 is 16.4 Å². The van der Waals surface area contributed by atoms with Crippen LogP contribution >= 0.6 is 12.4 Å². The zero-order chi connectivity index (χ0) is 18.3. The highest BCUT2D eigenvalue weighted by Gasteiger charge is 2.32. The minimum atomic E-state index is -0.913. The summed E-state index contributed by atoms with van der Waals surface area (Å²) in [6, 6.07) is 3.24. The SMILES string of the molecule is Cl.NCC1(CC(=O)NCCNC(=O)c2c(F)cccc2F)CCCCC1. The summed E-state index contributed by atoms with van der Waals surface area (Å²) in [5.74, 6) is -2.78. The van der Waals surface area contributed by atoms with Gasteiger partial charge in [0.2, 0.25) is 5.91 Å². The van der Waals surface area contributed by atoms with E-state index in [-0.39, 0.29) is 36.8 Å². The van der Waals surface area contributed by atoms with Crippen LogP contribution in [-0.4, -0.2) is 31.4 Å². The predicted octanol–water partition coefficient (Wildman–Crippen LogP) is 2.53. The molecule has 8 heteroatoms. The van der Waals surface area contributed by atoms with Crippen molar-refractivity contribution in [1.29, 1.82) is 0 Å². The molecule has 0 unspecified atom stereocenters. The molecular formula is C18H26ClF2N3O2. The molecule has 0 aromatic heterocycles. The van der Waals surface area contributed by atoms with Crippen LogP contribution in [0.25, 0.3) is 0 Å². The maximum atomic E-state index is 13.5. The van der Waals surface area contributed by atoms with Gasteiger partial charge in [-0.1, -0.05) is 25.3 Å². The van der Waals surface area contributed by atoms with Crippen molar-refractivity contribution in [2.24, 2.45) is 11.1 Å². The molecule has 26 heavy (non-hydrogen) atoms. The Hall–Kier alpha value is -1.73. The summed E-state index contributed by atoms with van der Waals surface area (Å²) in [5, 5.41) is 5.13. The number of amides is 2. The first-order valence-corrected chi connectivity index (χ1v) is 8.66. The highest BCUT2D eigenvalue weighted by Crippen LogP contribution is 2.38. The Labute approximate surface area is 158 Å². The van der Waals surface area contributed by atoms with Crippen LogP contribution in [0.2, 0.25) is 0 Å². The van der Waals surface area contributed by atoms with Crippen molar-refractivity contribution < 1.29 is 18.4 Å². The number of hydrogen-bond donors (Lipinski definition) is 3. The maximum Gasteiger partial charge on any atom is 0.257 e. The second kappa shape index (κ2) is 10.4. The first-order chi connectivity index (χ1) is 12.0. The van der Waals surface area contributed by atoms with E-state index in [0.717, 1.165) is 37.8 Å². The molecule has 0 bridgehead atoms. The third kappa shape index (κ3) is 5.92.